The fraction of sp³-hybridized carbons (Fsp3) is 0.556. The molecule has 1 aliphatic heterocycles. The van der Waals surface area contributed by atoms with Crippen molar-refractivity contribution in [1.29, 1.82) is 0 Å². The fourth-order valence-electron chi connectivity index (χ4n) is 2.83. The molecule has 0 aliphatic carbocycles. The number of amides is 2. The Morgan fingerprint density at radius 1 is 1.12 bits per heavy atom. The average molecular weight is 332 g/mol. The second-order valence-corrected chi connectivity index (χ2v) is 6.19. The van der Waals surface area contributed by atoms with Gasteiger partial charge in [-0.15, -0.1) is 0 Å². The van der Waals surface area contributed by atoms with Gasteiger partial charge in [0.25, 0.3) is 5.91 Å². The molecule has 0 aromatic heterocycles. The zero-order chi connectivity index (χ0) is 17.5. The molecule has 24 heavy (non-hydrogen) atoms. The van der Waals surface area contributed by atoms with Gasteiger partial charge in [0.05, 0.1) is 6.54 Å². The van der Waals surface area contributed by atoms with Gasteiger partial charge in [0.1, 0.15) is 0 Å². The summed E-state index contributed by atoms with van der Waals surface area (Å²) in [5.74, 6) is -0.0397. The molecule has 1 N–H and O–H groups in total. The van der Waals surface area contributed by atoms with Gasteiger partial charge in [0, 0.05) is 50.5 Å². The van der Waals surface area contributed by atoms with Crippen molar-refractivity contribution in [2.75, 3.05) is 58.2 Å². The Hall–Kier alpha value is -1.92. The van der Waals surface area contributed by atoms with E-state index >= 15 is 0 Å². The fourth-order valence-corrected chi connectivity index (χ4v) is 2.83. The second-order valence-electron chi connectivity index (χ2n) is 6.19. The van der Waals surface area contributed by atoms with Crippen LogP contribution in [0.15, 0.2) is 24.3 Å². The van der Waals surface area contributed by atoms with Crippen LogP contribution in [0.5, 0.6) is 0 Å². The molecule has 0 spiro atoms. The highest BCUT2D eigenvalue weighted by atomic mass is 16.2. The summed E-state index contributed by atoms with van der Waals surface area (Å²) in [6, 6.07) is 7.17. The first kappa shape index (κ1) is 18.4. The van der Waals surface area contributed by atoms with E-state index in [4.69, 9.17) is 0 Å². The third kappa shape index (κ3) is 5.04. The standard InChI is InChI=1S/C18H28N4O2/c1-4-22(5-2)18(24)15-7-6-8-16(13-15)19-17(23)14-21-11-9-20(3)10-12-21/h6-8,13H,4-5,9-12,14H2,1-3H3,(H,19,23). The van der Waals surface area contributed by atoms with Crippen molar-refractivity contribution in [1.82, 2.24) is 14.7 Å². The van der Waals surface area contributed by atoms with Crippen molar-refractivity contribution in [3.05, 3.63) is 29.8 Å². The molecule has 0 atom stereocenters. The van der Waals surface area contributed by atoms with E-state index in [9.17, 15) is 9.59 Å². The van der Waals surface area contributed by atoms with Gasteiger partial charge in [-0.1, -0.05) is 6.07 Å². The summed E-state index contributed by atoms with van der Waals surface area (Å²) in [5.41, 5.74) is 1.28. The molecule has 0 radical (unpaired) electrons. The number of carbonyl (C=O) groups excluding carboxylic acids is 2. The smallest absolute Gasteiger partial charge is 0.253 e. The number of nitrogens with one attached hydrogen (secondary N) is 1. The van der Waals surface area contributed by atoms with E-state index in [0.717, 1.165) is 26.2 Å². The molecule has 1 heterocycles. The lowest BCUT2D eigenvalue weighted by Gasteiger charge is -2.31. The van der Waals surface area contributed by atoms with Crippen LogP contribution in [0, 0.1) is 0 Å². The number of piperazine rings is 1. The van der Waals surface area contributed by atoms with Gasteiger partial charge in [-0.25, -0.2) is 0 Å². The first-order chi connectivity index (χ1) is 11.5. The van der Waals surface area contributed by atoms with Crippen molar-refractivity contribution in [2.45, 2.75) is 13.8 Å². The Bertz CT molecular complexity index is 564. The Balaban J connectivity index is 1.94. The quantitative estimate of drug-likeness (QED) is 0.854. The Morgan fingerprint density at radius 3 is 2.42 bits per heavy atom. The maximum Gasteiger partial charge on any atom is 0.253 e. The molecule has 0 unspecified atom stereocenters. The maximum absolute atomic E-state index is 12.4. The van der Waals surface area contributed by atoms with Gasteiger partial charge < -0.3 is 15.1 Å². The van der Waals surface area contributed by atoms with E-state index in [1.54, 1.807) is 17.0 Å². The molecule has 2 amide bonds. The first-order valence-corrected chi connectivity index (χ1v) is 8.63. The Kier molecular flexibility index (Phi) is 6.75. The molecule has 2 rings (SSSR count). The van der Waals surface area contributed by atoms with Gasteiger partial charge in [-0.05, 0) is 39.1 Å². The summed E-state index contributed by atoms with van der Waals surface area (Å²) in [6.07, 6.45) is 0. The molecular weight excluding hydrogens is 304 g/mol. The topological polar surface area (TPSA) is 55.9 Å². The zero-order valence-corrected chi connectivity index (χ0v) is 14.9. The van der Waals surface area contributed by atoms with Crippen LogP contribution in [0.1, 0.15) is 24.2 Å². The van der Waals surface area contributed by atoms with Gasteiger partial charge in [0.15, 0.2) is 0 Å². The predicted molar refractivity (Wildman–Crippen MR) is 96.3 cm³/mol. The van der Waals surface area contributed by atoms with E-state index < -0.39 is 0 Å². The van der Waals surface area contributed by atoms with Crippen LogP contribution in [0.25, 0.3) is 0 Å². The van der Waals surface area contributed by atoms with Crippen molar-refractivity contribution in [3.63, 3.8) is 0 Å². The SMILES string of the molecule is CCN(CC)C(=O)c1cccc(NC(=O)CN2CCN(C)CC2)c1. The van der Waals surface area contributed by atoms with Gasteiger partial charge in [-0.2, -0.15) is 0 Å². The monoisotopic (exact) mass is 332 g/mol. The van der Waals surface area contributed by atoms with Crippen LogP contribution < -0.4 is 5.32 Å². The average Bonchev–Trinajstić information content (AvgIpc) is 2.58. The summed E-state index contributed by atoms with van der Waals surface area (Å²) in [6.45, 7) is 9.45. The Morgan fingerprint density at radius 2 is 1.79 bits per heavy atom. The molecular formula is C18H28N4O2. The van der Waals surface area contributed by atoms with Crippen LogP contribution >= 0.6 is 0 Å². The molecule has 1 fully saturated rings. The van der Waals surface area contributed by atoms with Gasteiger partial charge in [0.2, 0.25) is 5.91 Å². The van der Waals surface area contributed by atoms with Crippen LogP contribution in [0.2, 0.25) is 0 Å². The molecule has 1 aromatic carbocycles. The summed E-state index contributed by atoms with van der Waals surface area (Å²) in [7, 11) is 2.09. The van der Waals surface area contributed by atoms with Crippen molar-refractivity contribution >= 4 is 17.5 Å². The molecule has 1 aromatic rings. The van der Waals surface area contributed by atoms with Gasteiger partial charge in [-0.3, -0.25) is 14.5 Å². The van der Waals surface area contributed by atoms with Crippen LogP contribution in [-0.4, -0.2) is 79.4 Å². The van der Waals surface area contributed by atoms with E-state index in [1.807, 2.05) is 26.0 Å². The van der Waals surface area contributed by atoms with Crippen molar-refractivity contribution in [3.8, 4) is 0 Å². The molecule has 1 saturated heterocycles. The molecule has 6 heteroatoms. The van der Waals surface area contributed by atoms with Crippen molar-refractivity contribution < 1.29 is 9.59 Å². The normalized spacial score (nSPS) is 16.0. The summed E-state index contributed by atoms with van der Waals surface area (Å²) in [5, 5.41) is 2.91. The molecule has 0 bridgehead atoms. The lowest BCUT2D eigenvalue weighted by atomic mass is 10.1. The second kappa shape index (κ2) is 8.80. The number of nitrogens with zero attached hydrogens (tertiary/aromatic N) is 3. The summed E-state index contributed by atoms with van der Waals surface area (Å²) in [4.78, 5) is 30.8. The van der Waals surface area contributed by atoms with E-state index in [-0.39, 0.29) is 11.8 Å². The lowest BCUT2D eigenvalue weighted by Crippen LogP contribution is -2.47. The third-order valence-corrected chi connectivity index (χ3v) is 4.41. The minimum absolute atomic E-state index is 0.00448. The lowest BCUT2D eigenvalue weighted by molar-refractivity contribution is -0.117. The minimum Gasteiger partial charge on any atom is -0.339 e. The van der Waals surface area contributed by atoms with E-state index in [1.165, 1.54) is 0 Å². The third-order valence-electron chi connectivity index (χ3n) is 4.41. The molecule has 0 saturated carbocycles. The zero-order valence-electron chi connectivity index (χ0n) is 14.9. The number of benzene rings is 1. The highest BCUT2D eigenvalue weighted by molar-refractivity contribution is 5.97. The largest absolute Gasteiger partial charge is 0.339 e. The number of hydrogen-bond donors (Lipinski definition) is 1. The number of anilines is 1. The van der Waals surface area contributed by atoms with Crippen LogP contribution in [-0.2, 0) is 4.79 Å². The number of carbonyl (C=O) groups is 2. The van der Waals surface area contributed by atoms with Gasteiger partial charge >= 0.3 is 0 Å². The number of likely N-dealkylation sites (N-methyl/N-ethyl adjacent to an activating group) is 1. The van der Waals surface area contributed by atoms with Crippen molar-refractivity contribution in [2.24, 2.45) is 0 Å². The molecule has 132 valence electrons. The van der Waals surface area contributed by atoms with E-state index in [0.29, 0.717) is 30.9 Å². The van der Waals surface area contributed by atoms with E-state index in [2.05, 4.69) is 22.2 Å². The molecule has 6 nitrogen and oxygen atoms in total. The highest BCUT2D eigenvalue weighted by Gasteiger charge is 2.17. The van der Waals surface area contributed by atoms with Crippen LogP contribution in [0.3, 0.4) is 0 Å². The number of rotatable bonds is 6. The first-order valence-electron chi connectivity index (χ1n) is 8.63. The predicted octanol–water partition coefficient (Wildman–Crippen LogP) is 1.35. The summed E-state index contributed by atoms with van der Waals surface area (Å²) >= 11 is 0. The van der Waals surface area contributed by atoms with Crippen LogP contribution in [0.4, 0.5) is 5.69 Å². The Labute approximate surface area is 144 Å². The molecule has 1 aliphatic rings. The minimum atomic E-state index is -0.0352. The number of hydrogen-bond acceptors (Lipinski definition) is 4. The highest BCUT2D eigenvalue weighted by Crippen LogP contribution is 2.13. The summed E-state index contributed by atoms with van der Waals surface area (Å²) < 4.78 is 0. The maximum atomic E-state index is 12.4.